The molecule has 0 radical (unpaired) electrons. The topological polar surface area (TPSA) is 49.4 Å². The molecule has 0 fully saturated rings. The fourth-order valence-corrected chi connectivity index (χ4v) is 2.75. The zero-order valence-corrected chi connectivity index (χ0v) is 14.1. The molecule has 1 N–H and O–H groups in total. The van der Waals surface area contributed by atoms with Gasteiger partial charge in [-0.2, -0.15) is 0 Å². The van der Waals surface area contributed by atoms with Gasteiger partial charge in [-0.15, -0.1) is 0 Å². The molecule has 0 bridgehead atoms. The second-order valence-electron chi connectivity index (χ2n) is 4.86. The summed E-state index contributed by atoms with van der Waals surface area (Å²) >= 11 is 18.0. The van der Waals surface area contributed by atoms with Crippen LogP contribution in [0.1, 0.15) is 0 Å². The van der Waals surface area contributed by atoms with Crippen LogP contribution in [0.5, 0.6) is 0 Å². The van der Waals surface area contributed by atoms with Gasteiger partial charge >= 0.3 is 0 Å². The number of imide groups is 1. The number of rotatable bonds is 3. The standard InChI is InChI=1S/C16H8Cl3FN2O2/c17-8-1-6-11(18)12(7-8)22-15(23)13(19)14(16(22)24)21-10-4-2-9(20)3-5-10/h1-7,21H. The summed E-state index contributed by atoms with van der Waals surface area (Å²) in [6.45, 7) is 0. The zero-order valence-electron chi connectivity index (χ0n) is 11.8. The van der Waals surface area contributed by atoms with E-state index in [1.165, 1.54) is 42.5 Å². The number of amides is 2. The van der Waals surface area contributed by atoms with E-state index < -0.39 is 17.6 Å². The van der Waals surface area contributed by atoms with Crippen molar-refractivity contribution in [1.82, 2.24) is 0 Å². The van der Waals surface area contributed by atoms with Crippen molar-refractivity contribution in [3.05, 3.63) is 69.1 Å². The van der Waals surface area contributed by atoms with Crippen molar-refractivity contribution in [2.24, 2.45) is 0 Å². The van der Waals surface area contributed by atoms with E-state index >= 15 is 0 Å². The molecule has 0 atom stereocenters. The molecule has 2 aromatic carbocycles. The van der Waals surface area contributed by atoms with E-state index in [9.17, 15) is 14.0 Å². The van der Waals surface area contributed by atoms with Crippen LogP contribution in [0, 0.1) is 5.82 Å². The van der Waals surface area contributed by atoms with E-state index in [2.05, 4.69) is 5.32 Å². The monoisotopic (exact) mass is 384 g/mol. The third kappa shape index (κ3) is 2.98. The highest BCUT2D eigenvalue weighted by Crippen LogP contribution is 2.35. The Bertz CT molecular complexity index is 881. The van der Waals surface area contributed by atoms with Gasteiger partial charge in [0.1, 0.15) is 16.5 Å². The maximum Gasteiger partial charge on any atom is 0.283 e. The first kappa shape index (κ1) is 16.8. The van der Waals surface area contributed by atoms with Gasteiger partial charge in [0.15, 0.2) is 0 Å². The summed E-state index contributed by atoms with van der Waals surface area (Å²) in [5.74, 6) is -1.84. The lowest BCUT2D eigenvalue weighted by atomic mass is 10.2. The number of carbonyl (C=O) groups excluding carboxylic acids is 2. The van der Waals surface area contributed by atoms with Gasteiger partial charge in [0.05, 0.1) is 10.7 Å². The molecular formula is C16H8Cl3FN2O2. The smallest absolute Gasteiger partial charge is 0.283 e. The highest BCUT2D eigenvalue weighted by atomic mass is 35.5. The molecule has 8 heteroatoms. The van der Waals surface area contributed by atoms with E-state index in [-0.39, 0.29) is 21.4 Å². The van der Waals surface area contributed by atoms with Gasteiger partial charge in [-0.1, -0.05) is 34.8 Å². The quantitative estimate of drug-likeness (QED) is 0.788. The van der Waals surface area contributed by atoms with Crippen molar-refractivity contribution in [3.8, 4) is 0 Å². The van der Waals surface area contributed by atoms with Crippen LogP contribution in [0.15, 0.2) is 53.2 Å². The summed E-state index contributed by atoms with van der Waals surface area (Å²) in [6.07, 6.45) is 0. The Balaban J connectivity index is 1.95. The molecule has 0 aliphatic carbocycles. The Morgan fingerprint density at radius 3 is 2.25 bits per heavy atom. The number of nitrogens with one attached hydrogen (secondary N) is 1. The highest BCUT2D eigenvalue weighted by molar-refractivity contribution is 6.54. The lowest BCUT2D eigenvalue weighted by Crippen LogP contribution is -2.32. The lowest BCUT2D eigenvalue weighted by Gasteiger charge is -2.16. The Morgan fingerprint density at radius 1 is 0.917 bits per heavy atom. The van der Waals surface area contributed by atoms with E-state index in [4.69, 9.17) is 34.8 Å². The largest absolute Gasteiger partial charge is 0.350 e. The van der Waals surface area contributed by atoms with Gasteiger partial charge < -0.3 is 5.32 Å². The Hall–Kier alpha value is -2.08. The molecule has 0 unspecified atom stereocenters. The highest BCUT2D eigenvalue weighted by Gasteiger charge is 2.39. The molecule has 2 aromatic rings. The molecule has 1 aliphatic heterocycles. The molecule has 2 amide bonds. The van der Waals surface area contributed by atoms with Crippen LogP contribution in [0.2, 0.25) is 10.0 Å². The summed E-state index contributed by atoms with van der Waals surface area (Å²) in [6, 6.07) is 9.65. The van der Waals surface area contributed by atoms with E-state index in [0.29, 0.717) is 10.7 Å². The van der Waals surface area contributed by atoms with Gasteiger partial charge in [-0.05, 0) is 42.5 Å². The minimum atomic E-state index is -0.726. The number of hydrogen-bond acceptors (Lipinski definition) is 3. The molecule has 0 saturated carbocycles. The van der Waals surface area contributed by atoms with E-state index in [0.717, 1.165) is 4.90 Å². The van der Waals surface area contributed by atoms with Crippen LogP contribution in [0.4, 0.5) is 15.8 Å². The summed E-state index contributed by atoms with van der Waals surface area (Å²) in [5.41, 5.74) is 0.419. The fraction of sp³-hybridized carbons (Fsp3) is 0. The summed E-state index contributed by atoms with van der Waals surface area (Å²) in [5, 5.41) is 2.92. The number of hydrogen-bond donors (Lipinski definition) is 1. The van der Waals surface area contributed by atoms with Gasteiger partial charge in [-0.25, -0.2) is 9.29 Å². The maximum absolute atomic E-state index is 13.0. The van der Waals surface area contributed by atoms with Crippen molar-refractivity contribution in [3.63, 3.8) is 0 Å². The zero-order chi connectivity index (χ0) is 17.4. The third-order valence-corrected chi connectivity index (χ3v) is 4.20. The minimum absolute atomic E-state index is 0.121. The first-order valence-electron chi connectivity index (χ1n) is 6.64. The van der Waals surface area contributed by atoms with E-state index in [1.54, 1.807) is 0 Å². The lowest BCUT2D eigenvalue weighted by molar-refractivity contribution is -0.120. The maximum atomic E-state index is 13.0. The number of halogens is 4. The van der Waals surface area contributed by atoms with Crippen LogP contribution in [-0.2, 0) is 9.59 Å². The molecule has 0 spiro atoms. The SMILES string of the molecule is O=C1C(Cl)=C(Nc2ccc(F)cc2)C(=O)N1c1cc(Cl)ccc1Cl. The molecule has 1 heterocycles. The molecule has 0 aromatic heterocycles. The summed E-state index contributed by atoms with van der Waals surface area (Å²) < 4.78 is 13.0. The van der Waals surface area contributed by atoms with E-state index in [1.807, 2.05) is 0 Å². The number of carbonyl (C=O) groups is 2. The van der Waals surface area contributed by atoms with Crippen molar-refractivity contribution < 1.29 is 14.0 Å². The Morgan fingerprint density at radius 2 is 1.58 bits per heavy atom. The van der Waals surface area contributed by atoms with Gasteiger partial charge in [0, 0.05) is 10.7 Å². The van der Waals surface area contributed by atoms with Crippen molar-refractivity contribution in [1.29, 1.82) is 0 Å². The summed E-state index contributed by atoms with van der Waals surface area (Å²) in [4.78, 5) is 25.8. The van der Waals surface area contributed by atoms with Crippen molar-refractivity contribution in [2.45, 2.75) is 0 Å². The van der Waals surface area contributed by atoms with Crippen molar-refractivity contribution >= 4 is 58.0 Å². The fourth-order valence-electron chi connectivity index (χ4n) is 2.16. The molecule has 3 rings (SSSR count). The molecule has 0 saturated heterocycles. The average Bonchev–Trinajstić information content (AvgIpc) is 2.76. The second-order valence-corrected chi connectivity index (χ2v) is 6.08. The first-order valence-corrected chi connectivity index (χ1v) is 7.78. The third-order valence-electron chi connectivity index (χ3n) is 3.29. The van der Waals surface area contributed by atoms with Gasteiger partial charge in [0.25, 0.3) is 11.8 Å². The summed E-state index contributed by atoms with van der Waals surface area (Å²) in [7, 11) is 0. The number of anilines is 2. The van der Waals surface area contributed by atoms with Gasteiger partial charge in [0.2, 0.25) is 0 Å². The van der Waals surface area contributed by atoms with Crippen LogP contribution in [0.25, 0.3) is 0 Å². The van der Waals surface area contributed by atoms with Crippen LogP contribution < -0.4 is 10.2 Å². The number of nitrogens with zero attached hydrogens (tertiary/aromatic N) is 1. The Labute approximate surface area is 151 Å². The van der Waals surface area contributed by atoms with Crippen molar-refractivity contribution in [2.75, 3.05) is 10.2 Å². The predicted molar refractivity (Wildman–Crippen MR) is 91.9 cm³/mol. The normalized spacial score (nSPS) is 14.6. The number of benzene rings is 2. The molecule has 1 aliphatic rings. The molecule has 24 heavy (non-hydrogen) atoms. The van der Waals surface area contributed by atoms with Gasteiger partial charge in [-0.3, -0.25) is 9.59 Å². The molecule has 122 valence electrons. The van der Waals surface area contributed by atoms with Crippen LogP contribution >= 0.6 is 34.8 Å². The predicted octanol–water partition coefficient (Wildman–Crippen LogP) is 4.57. The molecule has 4 nitrogen and oxygen atoms in total. The van der Waals surface area contributed by atoms with Crippen LogP contribution in [0.3, 0.4) is 0 Å². The second kappa shape index (κ2) is 6.43. The Kier molecular flexibility index (Phi) is 4.49. The van der Waals surface area contributed by atoms with Crippen LogP contribution in [-0.4, -0.2) is 11.8 Å². The minimum Gasteiger partial charge on any atom is -0.350 e. The average molecular weight is 386 g/mol. The molecular weight excluding hydrogens is 378 g/mol. The first-order chi connectivity index (χ1) is 11.4.